The summed E-state index contributed by atoms with van der Waals surface area (Å²) in [6, 6.07) is 0. The van der Waals surface area contributed by atoms with Crippen molar-refractivity contribution in [2.45, 2.75) is 33.8 Å². The van der Waals surface area contributed by atoms with Crippen LogP contribution in [0.1, 0.15) is 27.7 Å². The summed E-state index contributed by atoms with van der Waals surface area (Å²) in [5.74, 6) is 0.535. The van der Waals surface area contributed by atoms with Crippen molar-refractivity contribution in [3.8, 4) is 0 Å². The molecule has 0 heterocycles. The van der Waals surface area contributed by atoms with Gasteiger partial charge in [0.25, 0.3) is 0 Å². The Labute approximate surface area is 70.4 Å². The first-order valence-corrected chi connectivity index (χ1v) is 4.12. The molecule has 0 radical (unpaired) electrons. The van der Waals surface area contributed by atoms with Crippen LogP contribution in [-0.4, -0.2) is 13.2 Å². The zero-order valence-corrected chi connectivity index (χ0v) is 8.35. The Balaban J connectivity index is 4.35. The highest BCUT2D eigenvalue weighted by Crippen LogP contribution is 2.29. The number of methoxy groups -OCH3 is 1. The Morgan fingerprint density at radius 2 is 1.82 bits per heavy atom. The number of hydrogen-bond acceptors (Lipinski definition) is 1. The van der Waals surface area contributed by atoms with E-state index in [1.165, 1.54) is 0 Å². The molecule has 0 aromatic heterocycles. The Morgan fingerprint density at radius 1 is 1.36 bits per heavy atom. The predicted molar refractivity (Wildman–Crippen MR) is 49.6 cm³/mol. The first-order chi connectivity index (χ1) is 4.95. The van der Waals surface area contributed by atoms with Gasteiger partial charge in [-0.25, -0.2) is 0 Å². The van der Waals surface area contributed by atoms with Gasteiger partial charge in [0, 0.05) is 12.5 Å². The van der Waals surface area contributed by atoms with Gasteiger partial charge in [-0.3, -0.25) is 0 Å². The lowest BCUT2D eigenvalue weighted by atomic mass is 9.81. The van der Waals surface area contributed by atoms with Crippen LogP contribution in [0.4, 0.5) is 0 Å². The SMILES string of the molecule is C=CC(C)(C)C(OC)C(C)C. The van der Waals surface area contributed by atoms with E-state index in [1.54, 1.807) is 7.11 Å². The molecule has 1 unspecified atom stereocenters. The van der Waals surface area contributed by atoms with Crippen molar-refractivity contribution in [2.24, 2.45) is 11.3 Å². The van der Waals surface area contributed by atoms with Crippen molar-refractivity contribution in [1.82, 2.24) is 0 Å². The second-order valence-electron chi connectivity index (χ2n) is 3.93. The van der Waals surface area contributed by atoms with Crippen LogP contribution in [0.15, 0.2) is 12.7 Å². The molecule has 0 amide bonds. The van der Waals surface area contributed by atoms with Gasteiger partial charge in [-0.1, -0.05) is 33.8 Å². The Kier molecular flexibility index (Phi) is 3.81. The standard InChI is InChI=1S/C10H20O/c1-7-10(4,5)9(11-6)8(2)3/h7-9H,1H2,2-6H3. The van der Waals surface area contributed by atoms with Crippen molar-refractivity contribution in [1.29, 1.82) is 0 Å². The molecule has 1 heteroatoms. The van der Waals surface area contributed by atoms with Crippen LogP contribution < -0.4 is 0 Å². The van der Waals surface area contributed by atoms with Gasteiger partial charge in [0.15, 0.2) is 0 Å². The van der Waals surface area contributed by atoms with Crippen LogP contribution in [0.25, 0.3) is 0 Å². The predicted octanol–water partition coefficient (Wildman–Crippen LogP) is 2.87. The number of hydrogen-bond donors (Lipinski definition) is 0. The molecule has 1 atom stereocenters. The van der Waals surface area contributed by atoms with E-state index in [0.717, 1.165) is 0 Å². The summed E-state index contributed by atoms with van der Waals surface area (Å²) in [7, 11) is 1.76. The minimum Gasteiger partial charge on any atom is -0.380 e. The Bertz CT molecular complexity index is 125. The molecule has 0 bridgehead atoms. The Hall–Kier alpha value is -0.300. The van der Waals surface area contributed by atoms with Crippen LogP contribution in [-0.2, 0) is 4.74 Å². The minimum absolute atomic E-state index is 0.0723. The van der Waals surface area contributed by atoms with Gasteiger partial charge in [0.1, 0.15) is 0 Å². The maximum Gasteiger partial charge on any atom is 0.0679 e. The van der Waals surface area contributed by atoms with Gasteiger partial charge in [-0.2, -0.15) is 0 Å². The van der Waals surface area contributed by atoms with E-state index < -0.39 is 0 Å². The average Bonchev–Trinajstić information content (AvgIpc) is 1.88. The highest BCUT2D eigenvalue weighted by atomic mass is 16.5. The molecule has 0 fully saturated rings. The van der Waals surface area contributed by atoms with Crippen LogP contribution >= 0.6 is 0 Å². The lowest BCUT2D eigenvalue weighted by Gasteiger charge is -2.33. The third-order valence-electron chi connectivity index (χ3n) is 2.12. The van der Waals surface area contributed by atoms with Crippen molar-refractivity contribution in [3.63, 3.8) is 0 Å². The zero-order chi connectivity index (χ0) is 9.07. The monoisotopic (exact) mass is 156 g/mol. The highest BCUT2D eigenvalue weighted by Gasteiger charge is 2.28. The average molecular weight is 156 g/mol. The van der Waals surface area contributed by atoms with E-state index in [1.807, 2.05) is 6.08 Å². The summed E-state index contributed by atoms with van der Waals surface area (Å²) < 4.78 is 5.40. The third kappa shape index (κ3) is 2.66. The van der Waals surface area contributed by atoms with E-state index in [4.69, 9.17) is 4.74 Å². The summed E-state index contributed by atoms with van der Waals surface area (Å²) in [5, 5.41) is 0. The first kappa shape index (κ1) is 10.7. The van der Waals surface area contributed by atoms with Crippen molar-refractivity contribution >= 4 is 0 Å². The molecule has 0 aliphatic rings. The second kappa shape index (κ2) is 3.91. The molecule has 0 N–H and O–H groups in total. The molecule has 0 saturated heterocycles. The van der Waals surface area contributed by atoms with Gasteiger partial charge in [-0.15, -0.1) is 6.58 Å². The van der Waals surface area contributed by atoms with Gasteiger partial charge in [0.2, 0.25) is 0 Å². The Morgan fingerprint density at radius 3 is 1.91 bits per heavy atom. The van der Waals surface area contributed by atoms with Gasteiger partial charge < -0.3 is 4.74 Å². The second-order valence-corrected chi connectivity index (χ2v) is 3.93. The number of rotatable bonds is 4. The molecule has 0 aromatic rings. The normalized spacial score (nSPS) is 15.1. The molecular weight excluding hydrogens is 136 g/mol. The lowest BCUT2D eigenvalue weighted by molar-refractivity contribution is -0.00226. The fourth-order valence-corrected chi connectivity index (χ4v) is 1.55. The van der Waals surface area contributed by atoms with Crippen LogP contribution in [0.2, 0.25) is 0 Å². The van der Waals surface area contributed by atoms with Crippen LogP contribution in [0, 0.1) is 11.3 Å². The third-order valence-corrected chi connectivity index (χ3v) is 2.12. The maximum absolute atomic E-state index is 5.40. The molecule has 1 nitrogen and oxygen atoms in total. The quantitative estimate of drug-likeness (QED) is 0.569. The smallest absolute Gasteiger partial charge is 0.0679 e. The van der Waals surface area contributed by atoms with Crippen molar-refractivity contribution in [3.05, 3.63) is 12.7 Å². The topological polar surface area (TPSA) is 9.23 Å². The molecular formula is C10H20O. The summed E-state index contributed by atoms with van der Waals surface area (Å²) in [6.07, 6.45) is 2.22. The molecule has 66 valence electrons. The molecule has 0 aliphatic heterocycles. The van der Waals surface area contributed by atoms with Gasteiger partial charge in [0.05, 0.1) is 6.10 Å². The molecule has 0 aromatic carbocycles. The first-order valence-electron chi connectivity index (χ1n) is 4.12. The van der Waals surface area contributed by atoms with E-state index in [-0.39, 0.29) is 11.5 Å². The highest BCUT2D eigenvalue weighted by molar-refractivity contribution is 4.94. The molecule has 0 rings (SSSR count). The molecule has 0 aliphatic carbocycles. The summed E-state index contributed by atoms with van der Waals surface area (Å²) in [4.78, 5) is 0. The summed E-state index contributed by atoms with van der Waals surface area (Å²) in [5.41, 5.74) is 0.0723. The van der Waals surface area contributed by atoms with Crippen LogP contribution in [0.3, 0.4) is 0 Å². The number of ether oxygens (including phenoxy) is 1. The van der Waals surface area contributed by atoms with E-state index in [9.17, 15) is 0 Å². The van der Waals surface area contributed by atoms with E-state index >= 15 is 0 Å². The largest absolute Gasteiger partial charge is 0.380 e. The minimum atomic E-state index is 0.0723. The molecule has 0 saturated carbocycles. The fraction of sp³-hybridized carbons (Fsp3) is 0.800. The fourth-order valence-electron chi connectivity index (χ4n) is 1.55. The summed E-state index contributed by atoms with van der Waals surface area (Å²) in [6.45, 7) is 12.4. The van der Waals surface area contributed by atoms with Crippen molar-refractivity contribution in [2.75, 3.05) is 7.11 Å². The van der Waals surface area contributed by atoms with Crippen LogP contribution in [0.5, 0.6) is 0 Å². The van der Waals surface area contributed by atoms with Crippen molar-refractivity contribution < 1.29 is 4.74 Å². The van der Waals surface area contributed by atoms with Gasteiger partial charge >= 0.3 is 0 Å². The summed E-state index contributed by atoms with van der Waals surface area (Å²) >= 11 is 0. The van der Waals surface area contributed by atoms with E-state index in [0.29, 0.717) is 5.92 Å². The van der Waals surface area contributed by atoms with Gasteiger partial charge in [-0.05, 0) is 5.92 Å². The lowest BCUT2D eigenvalue weighted by Crippen LogP contribution is -2.33. The van der Waals surface area contributed by atoms with E-state index in [2.05, 4.69) is 34.3 Å². The zero-order valence-electron chi connectivity index (χ0n) is 8.35. The molecule has 0 spiro atoms. The maximum atomic E-state index is 5.40. The molecule has 11 heavy (non-hydrogen) atoms.